The minimum Gasteiger partial charge on any atom is -0.497 e. The summed E-state index contributed by atoms with van der Waals surface area (Å²) in [5, 5.41) is 0. The van der Waals surface area contributed by atoms with Crippen molar-refractivity contribution in [2.24, 2.45) is 5.73 Å². The minimum absolute atomic E-state index is 0.514. The monoisotopic (exact) mass is 210 g/mol. The summed E-state index contributed by atoms with van der Waals surface area (Å²) in [7, 11) is 5.27. The zero-order valence-corrected chi connectivity index (χ0v) is 9.49. The Kier molecular flexibility index (Phi) is 4.39. The molecule has 0 aliphatic rings. The van der Waals surface area contributed by atoms with E-state index in [4.69, 9.17) is 15.2 Å². The summed E-state index contributed by atoms with van der Waals surface area (Å²) in [6.45, 7) is 1.26. The van der Waals surface area contributed by atoms with Gasteiger partial charge in [-0.1, -0.05) is 0 Å². The van der Waals surface area contributed by atoms with E-state index < -0.39 is 0 Å². The molecule has 1 rings (SSSR count). The van der Waals surface area contributed by atoms with E-state index in [1.165, 1.54) is 0 Å². The van der Waals surface area contributed by atoms with Crippen LogP contribution in [0.3, 0.4) is 0 Å². The highest BCUT2D eigenvalue weighted by atomic mass is 16.5. The van der Waals surface area contributed by atoms with Crippen molar-refractivity contribution < 1.29 is 9.47 Å². The first-order valence-electron chi connectivity index (χ1n) is 4.80. The Morgan fingerprint density at radius 3 is 2.53 bits per heavy atom. The van der Waals surface area contributed by atoms with Crippen molar-refractivity contribution in [2.75, 3.05) is 27.9 Å². The van der Waals surface area contributed by atoms with Crippen molar-refractivity contribution >= 4 is 0 Å². The molecule has 0 aliphatic carbocycles. The van der Waals surface area contributed by atoms with E-state index in [-0.39, 0.29) is 0 Å². The van der Waals surface area contributed by atoms with Crippen molar-refractivity contribution in [1.82, 2.24) is 4.90 Å². The predicted molar refractivity (Wildman–Crippen MR) is 60.1 cm³/mol. The van der Waals surface area contributed by atoms with Crippen LogP contribution in [0, 0.1) is 0 Å². The summed E-state index contributed by atoms with van der Waals surface area (Å²) in [5.41, 5.74) is 6.61. The fraction of sp³-hybridized carbons (Fsp3) is 0.455. The molecule has 15 heavy (non-hydrogen) atoms. The second-order valence-corrected chi connectivity index (χ2v) is 3.37. The van der Waals surface area contributed by atoms with E-state index in [9.17, 15) is 0 Å². The smallest absolute Gasteiger partial charge is 0.123 e. The Morgan fingerprint density at radius 1 is 1.27 bits per heavy atom. The number of nitrogens with two attached hydrogens (primary N) is 1. The third kappa shape index (κ3) is 3.11. The third-order valence-corrected chi connectivity index (χ3v) is 2.24. The lowest BCUT2D eigenvalue weighted by Crippen LogP contribution is -2.25. The molecule has 0 heterocycles. The summed E-state index contributed by atoms with van der Waals surface area (Å²) in [6.07, 6.45) is 0. The number of ether oxygens (including phenoxy) is 2. The summed E-state index contributed by atoms with van der Waals surface area (Å²) >= 11 is 0. The van der Waals surface area contributed by atoms with Gasteiger partial charge >= 0.3 is 0 Å². The van der Waals surface area contributed by atoms with Gasteiger partial charge in [0.05, 0.1) is 14.2 Å². The van der Waals surface area contributed by atoms with Gasteiger partial charge in [-0.25, -0.2) is 0 Å². The van der Waals surface area contributed by atoms with Crippen LogP contribution in [0.5, 0.6) is 11.5 Å². The zero-order chi connectivity index (χ0) is 11.3. The number of hydrogen-bond acceptors (Lipinski definition) is 4. The molecule has 1 aromatic carbocycles. The lowest BCUT2D eigenvalue weighted by molar-refractivity contribution is 0.324. The molecule has 0 radical (unpaired) electrons. The highest BCUT2D eigenvalue weighted by molar-refractivity contribution is 5.40. The largest absolute Gasteiger partial charge is 0.497 e. The van der Waals surface area contributed by atoms with Gasteiger partial charge in [0, 0.05) is 18.8 Å². The standard InChI is InChI=1S/C11H18N2O2/c1-13(8-12)7-9-6-10(14-2)4-5-11(9)15-3/h4-6H,7-8,12H2,1-3H3. The van der Waals surface area contributed by atoms with Gasteiger partial charge in [0.2, 0.25) is 0 Å². The molecular weight excluding hydrogens is 192 g/mol. The van der Waals surface area contributed by atoms with E-state index in [1.54, 1.807) is 14.2 Å². The molecule has 0 aromatic heterocycles. The molecule has 0 saturated carbocycles. The molecule has 0 atom stereocenters. The van der Waals surface area contributed by atoms with Gasteiger partial charge in [-0.15, -0.1) is 0 Å². The average Bonchev–Trinajstić information content (AvgIpc) is 2.28. The highest BCUT2D eigenvalue weighted by Gasteiger charge is 2.06. The van der Waals surface area contributed by atoms with Gasteiger partial charge in [-0.2, -0.15) is 0 Å². The van der Waals surface area contributed by atoms with Crippen LogP contribution in [0.4, 0.5) is 0 Å². The van der Waals surface area contributed by atoms with Crippen molar-refractivity contribution in [1.29, 1.82) is 0 Å². The first-order chi connectivity index (χ1) is 7.21. The van der Waals surface area contributed by atoms with Crippen LogP contribution in [0.1, 0.15) is 5.56 Å². The summed E-state index contributed by atoms with van der Waals surface area (Å²) in [5.74, 6) is 1.69. The van der Waals surface area contributed by atoms with Crippen molar-refractivity contribution in [3.63, 3.8) is 0 Å². The number of rotatable bonds is 5. The maximum absolute atomic E-state index is 5.54. The molecule has 4 nitrogen and oxygen atoms in total. The molecule has 84 valence electrons. The lowest BCUT2D eigenvalue weighted by Gasteiger charge is -2.16. The highest BCUT2D eigenvalue weighted by Crippen LogP contribution is 2.24. The van der Waals surface area contributed by atoms with Crippen LogP contribution in [-0.2, 0) is 6.54 Å². The molecular formula is C11H18N2O2. The number of methoxy groups -OCH3 is 2. The SMILES string of the molecule is COc1ccc(OC)c(CN(C)CN)c1. The Bertz CT molecular complexity index is 315. The van der Waals surface area contributed by atoms with Crippen LogP contribution in [0.2, 0.25) is 0 Å². The molecule has 0 fully saturated rings. The van der Waals surface area contributed by atoms with Crippen LogP contribution >= 0.6 is 0 Å². The van der Waals surface area contributed by atoms with Crippen molar-refractivity contribution in [3.05, 3.63) is 23.8 Å². The molecule has 0 aliphatic heterocycles. The number of nitrogens with zero attached hydrogens (tertiary/aromatic N) is 1. The van der Waals surface area contributed by atoms with Crippen molar-refractivity contribution in [2.45, 2.75) is 6.54 Å². The van der Waals surface area contributed by atoms with Gasteiger partial charge < -0.3 is 15.2 Å². The van der Waals surface area contributed by atoms with Gasteiger partial charge in [0.1, 0.15) is 11.5 Å². The number of hydrogen-bond donors (Lipinski definition) is 1. The van der Waals surface area contributed by atoms with E-state index in [0.717, 1.165) is 23.6 Å². The maximum atomic E-state index is 5.54. The fourth-order valence-corrected chi connectivity index (χ4v) is 1.36. The van der Waals surface area contributed by atoms with E-state index >= 15 is 0 Å². The Morgan fingerprint density at radius 2 is 2.00 bits per heavy atom. The number of benzene rings is 1. The van der Waals surface area contributed by atoms with Crippen LogP contribution in [0.25, 0.3) is 0 Å². The van der Waals surface area contributed by atoms with Crippen LogP contribution in [-0.4, -0.2) is 32.8 Å². The predicted octanol–water partition coefficient (Wildman–Crippen LogP) is 1.05. The Balaban J connectivity index is 2.90. The van der Waals surface area contributed by atoms with E-state index in [0.29, 0.717) is 6.67 Å². The molecule has 1 aromatic rings. The second-order valence-electron chi connectivity index (χ2n) is 3.37. The van der Waals surface area contributed by atoms with Gasteiger partial charge in [-0.05, 0) is 25.2 Å². The Labute approximate surface area is 90.6 Å². The molecule has 2 N–H and O–H groups in total. The first kappa shape index (κ1) is 11.8. The third-order valence-electron chi connectivity index (χ3n) is 2.24. The topological polar surface area (TPSA) is 47.7 Å². The first-order valence-corrected chi connectivity index (χ1v) is 4.80. The summed E-state index contributed by atoms with van der Waals surface area (Å²) in [6, 6.07) is 5.74. The second kappa shape index (κ2) is 5.58. The molecule has 0 spiro atoms. The minimum atomic E-state index is 0.514. The van der Waals surface area contributed by atoms with Crippen molar-refractivity contribution in [3.8, 4) is 11.5 Å². The Hall–Kier alpha value is -1.26. The molecule has 0 bridgehead atoms. The summed E-state index contributed by atoms with van der Waals surface area (Å²) in [4.78, 5) is 2.00. The van der Waals surface area contributed by atoms with E-state index in [1.807, 2.05) is 30.1 Å². The van der Waals surface area contributed by atoms with E-state index in [2.05, 4.69) is 0 Å². The van der Waals surface area contributed by atoms with Crippen LogP contribution in [0.15, 0.2) is 18.2 Å². The zero-order valence-electron chi connectivity index (χ0n) is 9.49. The fourth-order valence-electron chi connectivity index (χ4n) is 1.36. The molecule has 0 saturated heterocycles. The van der Waals surface area contributed by atoms with Gasteiger partial charge in [-0.3, -0.25) is 4.90 Å². The molecule has 4 heteroatoms. The normalized spacial score (nSPS) is 10.5. The average molecular weight is 210 g/mol. The maximum Gasteiger partial charge on any atom is 0.123 e. The summed E-state index contributed by atoms with van der Waals surface area (Å²) < 4.78 is 10.4. The lowest BCUT2D eigenvalue weighted by atomic mass is 10.2. The van der Waals surface area contributed by atoms with Gasteiger partial charge in [0.25, 0.3) is 0 Å². The van der Waals surface area contributed by atoms with Gasteiger partial charge in [0.15, 0.2) is 0 Å². The molecule has 0 amide bonds. The molecule has 0 unspecified atom stereocenters. The van der Waals surface area contributed by atoms with Crippen LogP contribution < -0.4 is 15.2 Å². The quantitative estimate of drug-likeness (QED) is 0.738.